The van der Waals surface area contributed by atoms with Crippen molar-refractivity contribution in [2.75, 3.05) is 4.90 Å². The van der Waals surface area contributed by atoms with E-state index in [4.69, 9.17) is 23.2 Å². The van der Waals surface area contributed by atoms with Crippen molar-refractivity contribution in [2.45, 2.75) is 32.4 Å². The standard InChI is InChI=1S/C19H18Cl2N2O2/c1-12(2)22-17(8-13-6-4-3-5-7-13)18(24)23(19(22)25)16-10-14(20)9-15(21)11-16/h3-7,9-12,17H,8H2,1-2H3. The van der Waals surface area contributed by atoms with Crippen LogP contribution in [0.25, 0.3) is 0 Å². The maximum absolute atomic E-state index is 13.0. The number of urea groups is 1. The number of rotatable bonds is 4. The van der Waals surface area contributed by atoms with E-state index in [1.165, 1.54) is 4.90 Å². The van der Waals surface area contributed by atoms with Crippen molar-refractivity contribution in [1.82, 2.24) is 4.90 Å². The Bertz CT molecular complexity index is 788. The largest absolute Gasteiger partial charge is 0.332 e. The van der Waals surface area contributed by atoms with Gasteiger partial charge in [0.05, 0.1) is 5.69 Å². The molecule has 0 saturated carbocycles. The molecule has 1 saturated heterocycles. The summed E-state index contributed by atoms with van der Waals surface area (Å²) < 4.78 is 0. The van der Waals surface area contributed by atoms with Crippen LogP contribution < -0.4 is 4.90 Å². The lowest BCUT2D eigenvalue weighted by atomic mass is 10.0. The van der Waals surface area contributed by atoms with Crippen molar-refractivity contribution in [3.05, 3.63) is 64.1 Å². The fourth-order valence-electron chi connectivity index (χ4n) is 3.12. The summed E-state index contributed by atoms with van der Waals surface area (Å²) in [5, 5.41) is 0.761. The predicted molar refractivity (Wildman–Crippen MR) is 100 cm³/mol. The Hall–Kier alpha value is -2.04. The van der Waals surface area contributed by atoms with Crippen LogP contribution in [0, 0.1) is 0 Å². The summed E-state index contributed by atoms with van der Waals surface area (Å²) in [6, 6.07) is 13.4. The molecule has 6 heteroatoms. The number of nitrogens with zero attached hydrogens (tertiary/aromatic N) is 2. The highest BCUT2D eigenvalue weighted by Crippen LogP contribution is 2.32. The van der Waals surface area contributed by atoms with E-state index in [2.05, 4.69) is 0 Å². The second kappa shape index (κ2) is 7.06. The van der Waals surface area contributed by atoms with Gasteiger partial charge in [0.2, 0.25) is 0 Å². The maximum Gasteiger partial charge on any atom is 0.332 e. The van der Waals surface area contributed by atoms with Gasteiger partial charge in [-0.15, -0.1) is 0 Å². The first-order valence-electron chi connectivity index (χ1n) is 8.04. The summed E-state index contributed by atoms with van der Waals surface area (Å²) in [4.78, 5) is 28.7. The Morgan fingerprint density at radius 1 is 1.00 bits per heavy atom. The first-order valence-corrected chi connectivity index (χ1v) is 8.80. The van der Waals surface area contributed by atoms with Crippen molar-refractivity contribution < 1.29 is 9.59 Å². The molecule has 4 nitrogen and oxygen atoms in total. The van der Waals surface area contributed by atoms with Crippen molar-refractivity contribution in [3.63, 3.8) is 0 Å². The molecule has 0 radical (unpaired) electrons. The van der Waals surface area contributed by atoms with Gasteiger partial charge in [-0.25, -0.2) is 9.69 Å². The van der Waals surface area contributed by atoms with E-state index in [1.807, 2.05) is 44.2 Å². The van der Waals surface area contributed by atoms with Crippen LogP contribution in [-0.4, -0.2) is 28.9 Å². The average Bonchev–Trinajstić information content (AvgIpc) is 2.78. The van der Waals surface area contributed by atoms with Crippen molar-refractivity contribution in [2.24, 2.45) is 0 Å². The highest BCUT2D eigenvalue weighted by Gasteiger charge is 2.46. The molecule has 0 bridgehead atoms. The minimum Gasteiger partial charge on any atom is -0.309 e. The van der Waals surface area contributed by atoms with Crippen LogP contribution in [-0.2, 0) is 11.2 Å². The second-order valence-corrected chi connectivity index (χ2v) is 7.16. The monoisotopic (exact) mass is 376 g/mol. The zero-order valence-electron chi connectivity index (χ0n) is 13.9. The summed E-state index contributed by atoms with van der Waals surface area (Å²) in [5.41, 5.74) is 1.40. The summed E-state index contributed by atoms with van der Waals surface area (Å²) >= 11 is 12.1. The van der Waals surface area contributed by atoms with E-state index in [1.54, 1.807) is 23.1 Å². The number of carbonyl (C=O) groups excluding carboxylic acids is 2. The first-order chi connectivity index (χ1) is 11.9. The summed E-state index contributed by atoms with van der Waals surface area (Å²) in [5.74, 6) is -0.263. The molecule has 0 aliphatic carbocycles. The van der Waals surface area contributed by atoms with Gasteiger partial charge in [0, 0.05) is 22.5 Å². The Balaban J connectivity index is 1.98. The van der Waals surface area contributed by atoms with Gasteiger partial charge in [0.15, 0.2) is 0 Å². The van der Waals surface area contributed by atoms with Crippen LogP contribution in [0.2, 0.25) is 10.0 Å². The molecule has 0 aromatic heterocycles. The van der Waals surface area contributed by atoms with Crippen LogP contribution in [0.15, 0.2) is 48.5 Å². The van der Waals surface area contributed by atoms with Crippen molar-refractivity contribution in [1.29, 1.82) is 0 Å². The van der Waals surface area contributed by atoms with Crippen LogP contribution in [0.1, 0.15) is 19.4 Å². The van der Waals surface area contributed by atoms with E-state index in [0.717, 1.165) is 5.56 Å². The van der Waals surface area contributed by atoms with Crippen molar-refractivity contribution in [3.8, 4) is 0 Å². The number of anilines is 1. The quantitative estimate of drug-likeness (QED) is 0.720. The number of carbonyl (C=O) groups is 2. The number of amides is 3. The average molecular weight is 377 g/mol. The first kappa shape index (κ1) is 17.8. The lowest BCUT2D eigenvalue weighted by Gasteiger charge is -2.25. The second-order valence-electron chi connectivity index (χ2n) is 6.29. The lowest BCUT2D eigenvalue weighted by molar-refractivity contribution is -0.120. The van der Waals surface area contributed by atoms with E-state index in [-0.39, 0.29) is 18.0 Å². The third-order valence-corrected chi connectivity index (χ3v) is 4.62. The molecule has 1 aliphatic heterocycles. The molecule has 1 fully saturated rings. The minimum atomic E-state index is -0.548. The zero-order chi connectivity index (χ0) is 18.1. The number of imide groups is 1. The molecule has 1 unspecified atom stereocenters. The number of hydrogen-bond acceptors (Lipinski definition) is 2. The van der Waals surface area contributed by atoms with E-state index < -0.39 is 6.04 Å². The van der Waals surface area contributed by atoms with Gasteiger partial charge in [-0.05, 0) is 37.6 Å². The van der Waals surface area contributed by atoms with Gasteiger partial charge in [0.1, 0.15) is 6.04 Å². The number of benzene rings is 2. The Morgan fingerprint density at radius 3 is 2.16 bits per heavy atom. The minimum absolute atomic E-state index is 0.107. The molecule has 1 aliphatic rings. The molecule has 130 valence electrons. The maximum atomic E-state index is 13.0. The predicted octanol–water partition coefficient (Wildman–Crippen LogP) is 4.78. The summed E-state index contributed by atoms with van der Waals surface area (Å²) in [6.07, 6.45) is 0.467. The van der Waals surface area contributed by atoms with E-state index in [9.17, 15) is 9.59 Å². The van der Waals surface area contributed by atoms with Crippen LogP contribution in [0.4, 0.5) is 10.5 Å². The molecule has 2 aromatic carbocycles. The molecular formula is C19H18Cl2N2O2. The molecule has 1 atom stereocenters. The van der Waals surface area contributed by atoms with E-state index >= 15 is 0 Å². The molecular weight excluding hydrogens is 359 g/mol. The van der Waals surface area contributed by atoms with Gasteiger partial charge in [-0.1, -0.05) is 53.5 Å². The molecule has 3 rings (SSSR count). The van der Waals surface area contributed by atoms with Crippen LogP contribution in [0.5, 0.6) is 0 Å². The van der Waals surface area contributed by atoms with Crippen molar-refractivity contribution >= 4 is 40.8 Å². The number of halogens is 2. The molecule has 25 heavy (non-hydrogen) atoms. The van der Waals surface area contributed by atoms with Crippen LogP contribution >= 0.6 is 23.2 Å². The van der Waals surface area contributed by atoms with Gasteiger partial charge in [-0.3, -0.25) is 4.79 Å². The third-order valence-electron chi connectivity index (χ3n) is 4.19. The summed E-state index contributed by atoms with van der Waals surface area (Å²) in [7, 11) is 0. The van der Waals surface area contributed by atoms with E-state index in [0.29, 0.717) is 22.2 Å². The van der Waals surface area contributed by atoms with Crippen LogP contribution in [0.3, 0.4) is 0 Å². The highest BCUT2D eigenvalue weighted by atomic mass is 35.5. The Kier molecular flexibility index (Phi) is 5.02. The van der Waals surface area contributed by atoms with Gasteiger partial charge in [-0.2, -0.15) is 0 Å². The third kappa shape index (κ3) is 3.51. The molecule has 0 N–H and O–H groups in total. The normalized spacial score (nSPS) is 17.7. The summed E-state index contributed by atoms with van der Waals surface area (Å²) in [6.45, 7) is 3.80. The molecule has 1 heterocycles. The van der Waals surface area contributed by atoms with Gasteiger partial charge >= 0.3 is 6.03 Å². The zero-order valence-corrected chi connectivity index (χ0v) is 15.5. The highest BCUT2D eigenvalue weighted by molar-refractivity contribution is 6.35. The Morgan fingerprint density at radius 2 is 1.60 bits per heavy atom. The molecule has 0 spiro atoms. The fourth-order valence-corrected chi connectivity index (χ4v) is 3.64. The fraction of sp³-hybridized carbons (Fsp3) is 0.263. The lowest BCUT2D eigenvalue weighted by Crippen LogP contribution is -2.41. The SMILES string of the molecule is CC(C)N1C(=O)N(c2cc(Cl)cc(Cl)c2)C(=O)C1Cc1ccccc1. The molecule has 3 amide bonds. The topological polar surface area (TPSA) is 40.6 Å². The van der Waals surface area contributed by atoms with Gasteiger partial charge in [0.25, 0.3) is 5.91 Å². The smallest absolute Gasteiger partial charge is 0.309 e. The molecule has 2 aromatic rings. The van der Waals surface area contributed by atoms with Gasteiger partial charge < -0.3 is 4.90 Å². The Labute approximate surface area is 156 Å². The number of hydrogen-bond donors (Lipinski definition) is 0.